The molecule has 4 heteroatoms. The monoisotopic (exact) mass is 206 g/mol. The molecule has 0 saturated carbocycles. The van der Waals surface area contributed by atoms with Crippen LogP contribution < -0.4 is 0 Å². The highest BCUT2D eigenvalue weighted by atomic mass is 29.6. The van der Waals surface area contributed by atoms with Crippen LogP contribution in [0.1, 0.15) is 0 Å². The Morgan fingerprint density at radius 3 is 1.00 bits per heavy atom. The predicted octanol–water partition coefficient (Wildman–Crippen LogP) is 2.39. The van der Waals surface area contributed by atoms with Crippen LogP contribution in [-0.4, -0.2) is 27.3 Å². The molecule has 0 unspecified atom stereocenters. The summed E-state index contributed by atoms with van der Waals surface area (Å²) in [5.74, 6) is 0. The molecule has 0 aliphatic carbocycles. The Morgan fingerprint density at radius 1 is 0.727 bits per heavy atom. The van der Waals surface area contributed by atoms with Crippen LogP contribution >= 0.6 is 0 Å². The van der Waals surface area contributed by atoms with Crippen molar-refractivity contribution in [2.45, 2.75) is 45.8 Å². The summed E-state index contributed by atoms with van der Waals surface area (Å²) in [4.78, 5) is 10.1. The standard InChI is InChI=1S/C7H22OSi3/c1-9(2,3)11(6,7)10(4,5)8/h8H,1-7H3. The first-order chi connectivity index (χ1) is 4.50. The summed E-state index contributed by atoms with van der Waals surface area (Å²) in [6.45, 7) is 16.1. The van der Waals surface area contributed by atoms with Crippen LogP contribution in [-0.2, 0) is 0 Å². The molecule has 0 heterocycles. The van der Waals surface area contributed by atoms with E-state index >= 15 is 0 Å². The maximum absolute atomic E-state index is 10.1. The van der Waals surface area contributed by atoms with E-state index in [1.807, 2.05) is 0 Å². The summed E-state index contributed by atoms with van der Waals surface area (Å²) in [5.41, 5.74) is 0. The van der Waals surface area contributed by atoms with E-state index < -0.39 is 22.5 Å². The molecule has 0 aromatic rings. The summed E-state index contributed by atoms with van der Waals surface area (Å²) in [6, 6.07) is 0. The Kier molecular flexibility index (Phi) is 2.99. The predicted molar refractivity (Wildman–Crippen MR) is 60.5 cm³/mol. The molecule has 11 heavy (non-hydrogen) atoms. The fourth-order valence-corrected chi connectivity index (χ4v) is 24.8. The second kappa shape index (κ2) is 2.83. The molecule has 0 spiro atoms. The van der Waals surface area contributed by atoms with E-state index in [4.69, 9.17) is 0 Å². The molecule has 0 aromatic carbocycles. The van der Waals surface area contributed by atoms with Crippen LogP contribution in [0.25, 0.3) is 0 Å². The zero-order valence-corrected chi connectivity index (χ0v) is 11.9. The van der Waals surface area contributed by atoms with Crippen LogP contribution in [0.2, 0.25) is 45.8 Å². The Hall–Kier alpha value is 0.611. The largest absolute Gasteiger partial charge is 0.435 e. The van der Waals surface area contributed by atoms with Crippen molar-refractivity contribution in [2.24, 2.45) is 0 Å². The summed E-state index contributed by atoms with van der Waals surface area (Å²) in [5, 5.41) is 0. The highest BCUT2D eigenvalue weighted by Gasteiger charge is 2.49. The molecule has 0 bridgehead atoms. The smallest absolute Gasteiger partial charge is 0.167 e. The van der Waals surface area contributed by atoms with Gasteiger partial charge in [-0.2, -0.15) is 0 Å². The van der Waals surface area contributed by atoms with Crippen molar-refractivity contribution in [2.75, 3.05) is 0 Å². The van der Waals surface area contributed by atoms with E-state index in [-0.39, 0.29) is 0 Å². The minimum Gasteiger partial charge on any atom is -0.435 e. The first-order valence-electron chi connectivity index (χ1n) is 4.22. The first kappa shape index (κ1) is 11.6. The molecule has 0 radical (unpaired) electrons. The molecule has 0 fully saturated rings. The fraction of sp³-hybridized carbons (Fsp3) is 1.00. The Morgan fingerprint density at radius 2 is 1.00 bits per heavy atom. The van der Waals surface area contributed by atoms with E-state index in [0.717, 1.165) is 0 Å². The maximum atomic E-state index is 10.1. The van der Waals surface area contributed by atoms with Gasteiger partial charge in [0, 0.05) is 7.59 Å². The van der Waals surface area contributed by atoms with Gasteiger partial charge in [0.25, 0.3) is 0 Å². The van der Waals surface area contributed by atoms with Gasteiger partial charge in [-0.1, -0.05) is 32.7 Å². The quantitative estimate of drug-likeness (QED) is 0.688. The lowest BCUT2D eigenvalue weighted by Crippen LogP contribution is -2.69. The van der Waals surface area contributed by atoms with E-state index in [9.17, 15) is 4.80 Å². The molecule has 0 aliphatic rings. The molecular formula is C7H22OSi3. The summed E-state index contributed by atoms with van der Waals surface area (Å²) >= 11 is 0. The maximum Gasteiger partial charge on any atom is 0.167 e. The van der Waals surface area contributed by atoms with Crippen molar-refractivity contribution in [1.82, 2.24) is 0 Å². The van der Waals surface area contributed by atoms with Gasteiger partial charge in [-0.25, -0.2) is 0 Å². The van der Waals surface area contributed by atoms with Crippen molar-refractivity contribution in [1.29, 1.82) is 0 Å². The lowest BCUT2D eigenvalue weighted by atomic mass is 11.8. The van der Waals surface area contributed by atoms with Crippen LogP contribution in [0, 0.1) is 0 Å². The topological polar surface area (TPSA) is 20.2 Å². The molecular weight excluding hydrogens is 184 g/mol. The van der Waals surface area contributed by atoms with E-state index in [1.54, 1.807) is 0 Å². The number of hydrogen-bond acceptors (Lipinski definition) is 1. The van der Waals surface area contributed by atoms with Crippen molar-refractivity contribution in [3.63, 3.8) is 0 Å². The van der Waals surface area contributed by atoms with Crippen molar-refractivity contribution >= 4 is 22.5 Å². The molecule has 0 atom stereocenters. The normalized spacial score (nSPS) is 15.3. The third kappa shape index (κ3) is 2.27. The number of hydrogen-bond donors (Lipinski definition) is 1. The summed E-state index contributed by atoms with van der Waals surface area (Å²) in [6.07, 6.45) is 0. The third-order valence-electron chi connectivity index (χ3n) is 3.40. The zero-order valence-electron chi connectivity index (χ0n) is 8.95. The van der Waals surface area contributed by atoms with E-state index in [1.165, 1.54) is 0 Å². The van der Waals surface area contributed by atoms with Crippen molar-refractivity contribution < 1.29 is 4.80 Å². The Bertz CT molecular complexity index is 125. The van der Waals surface area contributed by atoms with Gasteiger partial charge in [-0.05, 0) is 13.1 Å². The minimum atomic E-state index is -1.82. The summed E-state index contributed by atoms with van der Waals surface area (Å²) < 4.78 is 0. The van der Waals surface area contributed by atoms with Crippen molar-refractivity contribution in [3.8, 4) is 0 Å². The van der Waals surface area contributed by atoms with Crippen LogP contribution in [0.3, 0.4) is 0 Å². The molecule has 0 rings (SSSR count). The second-order valence-electron chi connectivity index (χ2n) is 5.43. The van der Waals surface area contributed by atoms with Crippen LogP contribution in [0.4, 0.5) is 0 Å². The minimum absolute atomic E-state index is 1.07. The van der Waals surface area contributed by atoms with Crippen LogP contribution in [0.15, 0.2) is 0 Å². The van der Waals surface area contributed by atoms with E-state index in [0.29, 0.717) is 0 Å². The first-order valence-corrected chi connectivity index (χ1v) is 15.7. The number of rotatable bonds is 2. The van der Waals surface area contributed by atoms with Crippen LogP contribution in [0.5, 0.6) is 0 Å². The molecule has 68 valence electrons. The SMILES string of the molecule is C[Si](C)(C)[Si](C)(C)[Si](C)(C)O. The van der Waals surface area contributed by atoms with Gasteiger partial charge in [-0.3, -0.25) is 0 Å². The molecule has 0 aliphatic heterocycles. The average Bonchev–Trinajstić information content (AvgIpc) is 1.58. The van der Waals surface area contributed by atoms with Gasteiger partial charge >= 0.3 is 0 Å². The van der Waals surface area contributed by atoms with Gasteiger partial charge in [0.15, 0.2) is 7.83 Å². The lowest BCUT2D eigenvalue weighted by molar-refractivity contribution is 0.573. The third-order valence-corrected chi connectivity index (χ3v) is 42.9. The Labute approximate surface area is 73.6 Å². The highest BCUT2D eigenvalue weighted by Crippen LogP contribution is 2.26. The molecule has 1 N–H and O–H groups in total. The zero-order chi connectivity index (χ0) is 9.50. The Balaban J connectivity index is 4.75. The molecule has 0 amide bonds. The van der Waals surface area contributed by atoms with Gasteiger partial charge in [0.05, 0.1) is 7.11 Å². The lowest BCUT2D eigenvalue weighted by Gasteiger charge is -2.42. The molecule has 0 aromatic heterocycles. The van der Waals surface area contributed by atoms with E-state index in [2.05, 4.69) is 45.8 Å². The summed E-state index contributed by atoms with van der Waals surface area (Å²) in [7, 11) is -4.16. The fourth-order valence-electron chi connectivity index (χ4n) is 0.918. The highest BCUT2D eigenvalue weighted by molar-refractivity contribution is 7.66. The average molecular weight is 207 g/mol. The van der Waals surface area contributed by atoms with Gasteiger partial charge in [0.1, 0.15) is 0 Å². The van der Waals surface area contributed by atoms with Crippen molar-refractivity contribution in [3.05, 3.63) is 0 Å². The van der Waals surface area contributed by atoms with Gasteiger partial charge in [0.2, 0.25) is 0 Å². The molecule has 0 saturated heterocycles. The molecule has 1 nitrogen and oxygen atoms in total. The second-order valence-corrected chi connectivity index (χ2v) is 33.5. The van der Waals surface area contributed by atoms with Gasteiger partial charge < -0.3 is 4.80 Å². The van der Waals surface area contributed by atoms with Gasteiger partial charge in [-0.15, -0.1) is 0 Å².